The molecule has 0 spiro atoms. The zero-order valence-corrected chi connectivity index (χ0v) is 12.1. The van der Waals surface area contributed by atoms with Gasteiger partial charge < -0.3 is 5.32 Å². The van der Waals surface area contributed by atoms with Crippen molar-refractivity contribution in [1.29, 1.82) is 5.26 Å². The van der Waals surface area contributed by atoms with Crippen molar-refractivity contribution in [3.05, 3.63) is 12.3 Å². The van der Waals surface area contributed by atoms with Gasteiger partial charge in [0.2, 0.25) is 0 Å². The van der Waals surface area contributed by atoms with E-state index in [1.807, 2.05) is 6.08 Å². The van der Waals surface area contributed by atoms with Crippen LogP contribution in [0, 0.1) is 23.2 Å². The lowest BCUT2D eigenvalue weighted by molar-refractivity contribution is -0.184. The molecule has 0 aromatic rings. The Labute approximate surface area is 131 Å². The molecule has 23 heavy (non-hydrogen) atoms. The summed E-state index contributed by atoms with van der Waals surface area (Å²) in [5.74, 6) is 0.420. The van der Waals surface area contributed by atoms with Crippen LogP contribution >= 0.6 is 0 Å². The molecule has 0 aromatic carbocycles. The molecule has 3 rings (SSSR count). The van der Waals surface area contributed by atoms with Crippen LogP contribution in [0.3, 0.4) is 0 Å². The lowest BCUT2D eigenvalue weighted by atomic mass is 9.88. The minimum Gasteiger partial charge on any atom is -0.372 e. The second kappa shape index (κ2) is 6.02. The largest absolute Gasteiger partial charge is 0.410 e. The summed E-state index contributed by atoms with van der Waals surface area (Å²) in [6.45, 7) is 0.152. The first-order valence-corrected chi connectivity index (χ1v) is 7.28. The monoisotopic (exact) mass is 324 g/mol. The van der Waals surface area contributed by atoms with Crippen LogP contribution < -0.4 is 5.32 Å². The highest BCUT2D eigenvalue weighted by molar-refractivity contribution is 5.97. The number of hydrogen-bond acceptors (Lipinski definition) is 6. The fourth-order valence-electron chi connectivity index (χ4n) is 3.05. The number of amidine groups is 1. The molecule has 0 aliphatic carbocycles. The van der Waals surface area contributed by atoms with Crippen LogP contribution in [0.2, 0.25) is 0 Å². The van der Waals surface area contributed by atoms with E-state index < -0.39 is 12.2 Å². The predicted octanol–water partition coefficient (Wildman–Crippen LogP) is 1.68. The molecule has 4 atom stereocenters. The molecule has 6 nitrogen and oxygen atoms in total. The van der Waals surface area contributed by atoms with E-state index in [0.717, 1.165) is 5.01 Å². The average Bonchev–Trinajstić information content (AvgIpc) is 3.15. The first-order valence-electron chi connectivity index (χ1n) is 7.28. The summed E-state index contributed by atoms with van der Waals surface area (Å²) in [5.41, 5.74) is 0. The number of alkyl halides is 3. The van der Waals surface area contributed by atoms with E-state index >= 15 is 0 Å². The molecule has 0 saturated heterocycles. The average molecular weight is 324 g/mol. The Morgan fingerprint density at radius 1 is 1.48 bits per heavy atom. The molecular formula is C14H15F3N6. The van der Waals surface area contributed by atoms with Gasteiger partial charge in [-0.1, -0.05) is 6.08 Å². The van der Waals surface area contributed by atoms with Crippen LogP contribution in [0.4, 0.5) is 13.2 Å². The van der Waals surface area contributed by atoms with Crippen molar-refractivity contribution in [2.75, 3.05) is 6.54 Å². The van der Waals surface area contributed by atoms with Crippen LogP contribution in [0.5, 0.6) is 0 Å². The van der Waals surface area contributed by atoms with Crippen molar-refractivity contribution in [2.24, 2.45) is 26.9 Å². The first kappa shape index (κ1) is 15.5. The van der Waals surface area contributed by atoms with Crippen molar-refractivity contribution in [1.82, 2.24) is 10.3 Å². The lowest BCUT2D eigenvalue weighted by Crippen LogP contribution is -2.50. The summed E-state index contributed by atoms with van der Waals surface area (Å²) in [7, 11) is 0. The van der Waals surface area contributed by atoms with Crippen LogP contribution in [0.15, 0.2) is 27.4 Å². The number of halogens is 3. The quantitative estimate of drug-likeness (QED) is 0.855. The molecule has 0 radical (unpaired) electrons. The number of nitriles is 1. The van der Waals surface area contributed by atoms with E-state index in [9.17, 15) is 13.2 Å². The second-order valence-electron chi connectivity index (χ2n) is 5.61. The Balaban J connectivity index is 1.69. The Bertz CT molecular complexity index is 615. The van der Waals surface area contributed by atoms with Crippen molar-refractivity contribution in [3.63, 3.8) is 0 Å². The van der Waals surface area contributed by atoms with Gasteiger partial charge in [-0.3, -0.25) is 5.01 Å². The number of fused-ring (bicyclic) bond motifs is 1. The minimum absolute atomic E-state index is 0.0557. The summed E-state index contributed by atoms with van der Waals surface area (Å²) in [6, 6.07) is -0.0850. The topological polar surface area (TPSA) is 76.1 Å². The van der Waals surface area contributed by atoms with Gasteiger partial charge in [0.05, 0.1) is 24.4 Å². The Hall–Kier alpha value is -2.37. The molecule has 4 unspecified atom stereocenters. The molecule has 0 saturated carbocycles. The van der Waals surface area contributed by atoms with Gasteiger partial charge in [-0.25, -0.2) is 9.98 Å². The third kappa shape index (κ3) is 3.06. The van der Waals surface area contributed by atoms with E-state index in [0.29, 0.717) is 5.84 Å². The summed E-state index contributed by atoms with van der Waals surface area (Å²) in [6.07, 6.45) is 1.77. The maximum Gasteiger partial charge on any atom is 0.410 e. The molecule has 9 heteroatoms. The molecule has 0 amide bonds. The maximum absolute atomic E-state index is 13.2. The highest BCUT2D eigenvalue weighted by atomic mass is 19.4. The zero-order valence-electron chi connectivity index (χ0n) is 12.1. The van der Waals surface area contributed by atoms with Gasteiger partial charge in [0, 0.05) is 31.3 Å². The van der Waals surface area contributed by atoms with Crippen LogP contribution in [-0.4, -0.2) is 48.2 Å². The summed E-state index contributed by atoms with van der Waals surface area (Å²) in [4.78, 5) is 8.26. The molecule has 0 bridgehead atoms. The third-order valence-corrected chi connectivity index (χ3v) is 4.18. The number of nitrogens with one attached hydrogen (secondary N) is 1. The van der Waals surface area contributed by atoms with Crippen molar-refractivity contribution in [2.45, 2.75) is 31.1 Å². The molecule has 122 valence electrons. The molecule has 0 aromatic heterocycles. The fraction of sp³-hybridized carbons (Fsp3) is 0.571. The van der Waals surface area contributed by atoms with Gasteiger partial charge in [0.15, 0.2) is 0 Å². The van der Waals surface area contributed by atoms with Gasteiger partial charge in [-0.15, -0.1) is 0 Å². The zero-order chi connectivity index (χ0) is 16.4. The lowest BCUT2D eigenvalue weighted by Gasteiger charge is -2.32. The standard InChI is InChI=1S/C14H15F3N6/c15-14(16,17)11(2-1-4-18)23-7-9(6-22-23)12-10-3-5-19-13(10)21-8-20-12/h3,5-6,8-12H,1-2,7H2,(H,19,20,21). The normalized spacial score (nSPS) is 29.9. The Kier molecular flexibility index (Phi) is 4.07. The molecule has 3 heterocycles. The highest BCUT2D eigenvalue weighted by Crippen LogP contribution is 2.32. The van der Waals surface area contributed by atoms with E-state index in [4.69, 9.17) is 5.26 Å². The third-order valence-electron chi connectivity index (χ3n) is 4.18. The smallest absolute Gasteiger partial charge is 0.372 e. The predicted molar refractivity (Wildman–Crippen MR) is 78.9 cm³/mol. The second-order valence-corrected chi connectivity index (χ2v) is 5.61. The van der Waals surface area contributed by atoms with Crippen molar-refractivity contribution >= 4 is 18.4 Å². The first-order chi connectivity index (χ1) is 11.0. The van der Waals surface area contributed by atoms with Gasteiger partial charge >= 0.3 is 6.18 Å². The summed E-state index contributed by atoms with van der Waals surface area (Å²) >= 11 is 0. The SMILES string of the molecule is N#CCCC(N1CC(C2NC=NC3=NC=CC32)C=N1)C(F)(F)F. The van der Waals surface area contributed by atoms with E-state index in [1.165, 1.54) is 6.34 Å². The van der Waals surface area contributed by atoms with E-state index in [1.54, 1.807) is 18.5 Å². The number of nitrogens with zero attached hydrogens (tertiary/aromatic N) is 5. The van der Waals surface area contributed by atoms with E-state index in [2.05, 4.69) is 20.4 Å². The van der Waals surface area contributed by atoms with Gasteiger partial charge in [0.25, 0.3) is 0 Å². The minimum atomic E-state index is -4.41. The van der Waals surface area contributed by atoms with Gasteiger partial charge in [-0.2, -0.15) is 23.5 Å². The summed E-state index contributed by atoms with van der Waals surface area (Å²) < 4.78 is 39.6. The highest BCUT2D eigenvalue weighted by Gasteiger charge is 2.46. The maximum atomic E-state index is 13.2. The van der Waals surface area contributed by atoms with Crippen LogP contribution in [-0.2, 0) is 0 Å². The molecule has 3 aliphatic heterocycles. The molecule has 0 fully saturated rings. The Morgan fingerprint density at radius 2 is 2.30 bits per heavy atom. The molecule has 3 aliphatic rings. The molecular weight excluding hydrogens is 309 g/mol. The van der Waals surface area contributed by atoms with Gasteiger partial charge in [-0.05, 0) is 6.42 Å². The van der Waals surface area contributed by atoms with E-state index in [-0.39, 0.29) is 37.3 Å². The van der Waals surface area contributed by atoms with Crippen molar-refractivity contribution in [3.8, 4) is 6.07 Å². The fourth-order valence-corrected chi connectivity index (χ4v) is 3.05. The Morgan fingerprint density at radius 3 is 3.04 bits per heavy atom. The number of aliphatic imine (C=N–C) groups is 2. The number of rotatable bonds is 4. The number of hydrazone groups is 1. The van der Waals surface area contributed by atoms with Crippen molar-refractivity contribution < 1.29 is 13.2 Å². The van der Waals surface area contributed by atoms with Crippen LogP contribution in [0.1, 0.15) is 12.8 Å². The molecule has 1 N–H and O–H groups in total. The summed E-state index contributed by atoms with van der Waals surface area (Å²) in [5, 5.41) is 16.7. The van der Waals surface area contributed by atoms with Crippen LogP contribution in [0.25, 0.3) is 0 Å². The van der Waals surface area contributed by atoms with Gasteiger partial charge in [0.1, 0.15) is 11.9 Å². The number of hydrogen-bond donors (Lipinski definition) is 1.